The number of nitro benzene ring substituents is 1. The number of nitrogens with one attached hydrogen (secondary N) is 1. The maximum absolute atomic E-state index is 13.4. The van der Waals surface area contributed by atoms with Gasteiger partial charge in [0.05, 0.1) is 15.5 Å². The van der Waals surface area contributed by atoms with Crippen LogP contribution in [-0.2, 0) is 0 Å². The van der Waals surface area contributed by atoms with E-state index >= 15 is 0 Å². The van der Waals surface area contributed by atoms with Crippen molar-refractivity contribution in [2.75, 3.05) is 5.32 Å². The number of benzene rings is 2. The summed E-state index contributed by atoms with van der Waals surface area (Å²) in [6, 6.07) is 7.83. The van der Waals surface area contributed by atoms with Gasteiger partial charge in [0.15, 0.2) is 0 Å². The molecule has 0 radical (unpaired) electrons. The SMILES string of the molecule is Cc1c(F)cccc1NC(=O)c1ccc([N+](=O)[O-])cc1Cl. The van der Waals surface area contributed by atoms with Gasteiger partial charge in [0.25, 0.3) is 11.6 Å². The fourth-order valence-corrected chi connectivity index (χ4v) is 1.99. The Morgan fingerprint density at radius 3 is 2.67 bits per heavy atom. The molecule has 0 bridgehead atoms. The van der Waals surface area contributed by atoms with Gasteiger partial charge in [-0.3, -0.25) is 14.9 Å². The number of anilines is 1. The second-order valence-electron chi connectivity index (χ2n) is 4.29. The van der Waals surface area contributed by atoms with Crippen molar-refractivity contribution in [3.63, 3.8) is 0 Å². The van der Waals surface area contributed by atoms with E-state index in [1.807, 2.05) is 0 Å². The molecule has 2 aromatic rings. The van der Waals surface area contributed by atoms with Crippen LogP contribution in [0.2, 0.25) is 5.02 Å². The van der Waals surface area contributed by atoms with E-state index in [9.17, 15) is 19.3 Å². The highest BCUT2D eigenvalue weighted by molar-refractivity contribution is 6.34. The van der Waals surface area contributed by atoms with E-state index in [1.54, 1.807) is 6.07 Å². The summed E-state index contributed by atoms with van der Waals surface area (Å²) < 4.78 is 13.4. The van der Waals surface area contributed by atoms with Gasteiger partial charge in [-0.2, -0.15) is 0 Å². The van der Waals surface area contributed by atoms with Crippen LogP contribution in [0.4, 0.5) is 15.8 Å². The van der Waals surface area contributed by atoms with Gasteiger partial charge in [0, 0.05) is 23.4 Å². The monoisotopic (exact) mass is 308 g/mol. The van der Waals surface area contributed by atoms with Crippen LogP contribution in [0.5, 0.6) is 0 Å². The highest BCUT2D eigenvalue weighted by Gasteiger charge is 2.16. The van der Waals surface area contributed by atoms with Crippen molar-refractivity contribution < 1.29 is 14.1 Å². The third-order valence-electron chi connectivity index (χ3n) is 2.92. The molecule has 7 heteroatoms. The van der Waals surface area contributed by atoms with Crippen LogP contribution >= 0.6 is 11.6 Å². The van der Waals surface area contributed by atoms with E-state index in [0.717, 1.165) is 6.07 Å². The minimum absolute atomic E-state index is 0.0456. The molecule has 0 saturated carbocycles. The zero-order chi connectivity index (χ0) is 15.6. The van der Waals surface area contributed by atoms with Crippen LogP contribution in [0.1, 0.15) is 15.9 Å². The fraction of sp³-hybridized carbons (Fsp3) is 0.0714. The van der Waals surface area contributed by atoms with E-state index in [0.29, 0.717) is 11.3 Å². The summed E-state index contributed by atoms with van der Waals surface area (Å²) in [5, 5.41) is 13.1. The van der Waals surface area contributed by atoms with Gasteiger partial charge in [0.2, 0.25) is 0 Å². The number of nitro groups is 1. The van der Waals surface area contributed by atoms with Crippen molar-refractivity contribution in [3.05, 3.63) is 68.5 Å². The number of hydrogen-bond donors (Lipinski definition) is 1. The number of halogens is 2. The predicted molar refractivity (Wildman–Crippen MR) is 77.2 cm³/mol. The van der Waals surface area contributed by atoms with Gasteiger partial charge in [-0.25, -0.2) is 4.39 Å². The lowest BCUT2D eigenvalue weighted by atomic mass is 10.1. The predicted octanol–water partition coefficient (Wildman–Crippen LogP) is 3.95. The molecule has 0 atom stereocenters. The second kappa shape index (κ2) is 5.88. The van der Waals surface area contributed by atoms with Gasteiger partial charge in [-0.15, -0.1) is 0 Å². The third-order valence-corrected chi connectivity index (χ3v) is 3.24. The molecule has 2 rings (SSSR count). The fourth-order valence-electron chi connectivity index (χ4n) is 1.73. The smallest absolute Gasteiger partial charge is 0.270 e. The largest absolute Gasteiger partial charge is 0.322 e. The van der Waals surface area contributed by atoms with E-state index in [1.165, 1.54) is 31.2 Å². The number of carbonyl (C=O) groups is 1. The molecule has 0 aromatic heterocycles. The van der Waals surface area contributed by atoms with E-state index < -0.39 is 16.6 Å². The van der Waals surface area contributed by atoms with E-state index in [4.69, 9.17) is 11.6 Å². The van der Waals surface area contributed by atoms with Crippen LogP contribution < -0.4 is 5.32 Å². The van der Waals surface area contributed by atoms with Crippen LogP contribution in [-0.4, -0.2) is 10.8 Å². The molecular weight excluding hydrogens is 299 g/mol. The first-order valence-electron chi connectivity index (χ1n) is 5.90. The van der Waals surface area contributed by atoms with Crippen LogP contribution in [0.3, 0.4) is 0 Å². The van der Waals surface area contributed by atoms with Gasteiger partial charge in [-0.1, -0.05) is 17.7 Å². The summed E-state index contributed by atoms with van der Waals surface area (Å²) in [6.07, 6.45) is 0. The Kier molecular flexibility index (Phi) is 4.18. The average Bonchev–Trinajstić information content (AvgIpc) is 2.43. The summed E-state index contributed by atoms with van der Waals surface area (Å²) in [5.74, 6) is -1.01. The van der Waals surface area contributed by atoms with Gasteiger partial charge < -0.3 is 5.32 Å². The number of non-ortho nitro benzene ring substituents is 1. The Morgan fingerprint density at radius 1 is 1.33 bits per heavy atom. The summed E-state index contributed by atoms with van der Waals surface area (Å²) >= 11 is 5.87. The lowest BCUT2D eigenvalue weighted by Crippen LogP contribution is -2.13. The summed E-state index contributed by atoms with van der Waals surface area (Å²) in [4.78, 5) is 22.1. The summed E-state index contributed by atoms with van der Waals surface area (Å²) in [5.41, 5.74) is 0.475. The number of carbonyl (C=O) groups excluding carboxylic acids is 1. The molecule has 2 aromatic carbocycles. The van der Waals surface area contributed by atoms with Crippen molar-refractivity contribution in [3.8, 4) is 0 Å². The first kappa shape index (κ1) is 14.9. The van der Waals surface area contributed by atoms with Crippen molar-refractivity contribution in [2.24, 2.45) is 0 Å². The molecule has 1 N–H and O–H groups in total. The molecule has 0 heterocycles. The maximum Gasteiger partial charge on any atom is 0.270 e. The minimum Gasteiger partial charge on any atom is -0.322 e. The Hall–Kier alpha value is -2.47. The second-order valence-corrected chi connectivity index (χ2v) is 4.69. The van der Waals surface area contributed by atoms with Crippen LogP contribution in [0.25, 0.3) is 0 Å². The van der Waals surface area contributed by atoms with E-state index in [2.05, 4.69) is 5.32 Å². The summed E-state index contributed by atoms with van der Waals surface area (Å²) in [7, 11) is 0. The molecule has 0 fully saturated rings. The van der Waals surface area contributed by atoms with Crippen molar-refractivity contribution in [1.29, 1.82) is 0 Å². The lowest BCUT2D eigenvalue weighted by molar-refractivity contribution is -0.384. The van der Waals surface area contributed by atoms with Gasteiger partial charge in [-0.05, 0) is 25.1 Å². The zero-order valence-corrected chi connectivity index (χ0v) is 11.6. The number of rotatable bonds is 3. The first-order chi connectivity index (χ1) is 9.90. The molecule has 0 aliphatic carbocycles. The zero-order valence-electron chi connectivity index (χ0n) is 10.9. The topological polar surface area (TPSA) is 72.2 Å². The molecule has 0 aliphatic heterocycles. The Morgan fingerprint density at radius 2 is 2.05 bits per heavy atom. The molecule has 1 amide bonds. The van der Waals surface area contributed by atoms with Crippen molar-refractivity contribution in [2.45, 2.75) is 6.92 Å². The molecule has 21 heavy (non-hydrogen) atoms. The van der Waals surface area contributed by atoms with E-state index in [-0.39, 0.29) is 16.3 Å². The molecular formula is C14H10ClFN2O3. The minimum atomic E-state index is -0.607. The van der Waals surface area contributed by atoms with Crippen molar-refractivity contribution in [1.82, 2.24) is 0 Å². The van der Waals surface area contributed by atoms with Crippen LogP contribution in [0, 0.1) is 22.9 Å². The maximum atomic E-state index is 13.4. The number of nitrogens with zero attached hydrogens (tertiary/aromatic N) is 1. The Bertz CT molecular complexity index is 734. The molecule has 0 saturated heterocycles. The molecule has 5 nitrogen and oxygen atoms in total. The molecule has 0 unspecified atom stereocenters. The normalized spacial score (nSPS) is 10.2. The first-order valence-corrected chi connectivity index (χ1v) is 6.28. The highest BCUT2D eigenvalue weighted by Crippen LogP contribution is 2.24. The third kappa shape index (κ3) is 3.17. The van der Waals surface area contributed by atoms with Crippen molar-refractivity contribution >= 4 is 28.9 Å². The average molecular weight is 309 g/mol. The highest BCUT2D eigenvalue weighted by atomic mass is 35.5. The standard InChI is InChI=1S/C14H10ClFN2O3/c1-8-12(16)3-2-4-13(8)17-14(19)10-6-5-9(18(20)21)7-11(10)15/h2-7H,1H3,(H,17,19). The molecule has 108 valence electrons. The lowest BCUT2D eigenvalue weighted by Gasteiger charge is -2.09. The Balaban J connectivity index is 2.29. The van der Waals surface area contributed by atoms with Crippen LogP contribution in [0.15, 0.2) is 36.4 Å². The number of hydrogen-bond acceptors (Lipinski definition) is 3. The quantitative estimate of drug-likeness (QED) is 0.689. The van der Waals surface area contributed by atoms with Gasteiger partial charge >= 0.3 is 0 Å². The Labute approximate surface area is 124 Å². The number of amides is 1. The molecule has 0 spiro atoms. The molecule has 0 aliphatic rings. The summed E-state index contributed by atoms with van der Waals surface area (Å²) in [6.45, 7) is 1.53. The van der Waals surface area contributed by atoms with Gasteiger partial charge in [0.1, 0.15) is 5.82 Å².